The average Bonchev–Trinajstić information content (AvgIpc) is 2.55. The van der Waals surface area contributed by atoms with Crippen molar-refractivity contribution in [3.05, 3.63) is 59.3 Å². The molecule has 1 aliphatic heterocycles. The van der Waals surface area contributed by atoms with Crippen LogP contribution in [-0.2, 0) is 28.5 Å². The minimum Gasteiger partial charge on any atom is -0.312 e. The fourth-order valence-corrected chi connectivity index (χ4v) is 3.17. The second-order valence-corrected chi connectivity index (χ2v) is 6.26. The van der Waals surface area contributed by atoms with Gasteiger partial charge in [-0.05, 0) is 21.8 Å². The van der Waals surface area contributed by atoms with Crippen LogP contribution in [0.1, 0.15) is 16.8 Å². The zero-order chi connectivity index (χ0) is 14.5. The Bertz CT molecular complexity index is 637. The van der Waals surface area contributed by atoms with E-state index in [1.54, 1.807) is 0 Å². The van der Waals surface area contributed by atoms with E-state index in [4.69, 9.17) is 4.52 Å². The van der Waals surface area contributed by atoms with Gasteiger partial charge in [0, 0.05) is 32.0 Å². The number of hydrogen-bond acceptors (Lipinski definition) is 4. The molecular formula is C16H19ClN2O2P+. The third kappa shape index (κ3) is 4.34. The molecule has 0 aliphatic carbocycles. The molecule has 0 radical (unpaired) electrons. The van der Waals surface area contributed by atoms with Gasteiger partial charge in [0.2, 0.25) is 0 Å². The molecule has 1 aromatic carbocycles. The summed E-state index contributed by atoms with van der Waals surface area (Å²) in [7, 11) is -1.87. The van der Waals surface area contributed by atoms with E-state index in [1.807, 2.05) is 42.5 Å². The Labute approximate surface area is 137 Å². The molecule has 1 unspecified atom stereocenters. The van der Waals surface area contributed by atoms with Gasteiger partial charge in [0.15, 0.2) is 0 Å². The number of nitrogens with zero attached hydrogens (tertiary/aromatic N) is 1. The number of fused-ring (bicyclic) bond motifs is 1. The van der Waals surface area contributed by atoms with Gasteiger partial charge in [-0.1, -0.05) is 30.3 Å². The van der Waals surface area contributed by atoms with Crippen molar-refractivity contribution in [2.24, 2.45) is 0 Å². The van der Waals surface area contributed by atoms with Gasteiger partial charge in [-0.25, -0.2) is 4.98 Å². The molecule has 22 heavy (non-hydrogen) atoms. The Balaban J connectivity index is 0.00000176. The van der Waals surface area contributed by atoms with E-state index in [-0.39, 0.29) is 12.4 Å². The molecule has 4 nitrogen and oxygen atoms in total. The molecule has 6 heteroatoms. The normalized spacial score (nSPS) is 13.9. The Kier molecular flexibility index (Phi) is 6.47. The SMILES string of the molecule is Cl.O=[P+](OCCc1ccccc1)c1ccc2c(n1)CCNC2. The maximum absolute atomic E-state index is 12.2. The Hall–Kier alpha value is -1.32. The van der Waals surface area contributed by atoms with Crippen molar-refractivity contribution in [2.45, 2.75) is 19.4 Å². The Morgan fingerprint density at radius 2 is 2.00 bits per heavy atom. The first-order valence-electron chi connectivity index (χ1n) is 7.16. The van der Waals surface area contributed by atoms with Gasteiger partial charge in [-0.3, -0.25) is 0 Å². The van der Waals surface area contributed by atoms with Crippen LogP contribution in [0.5, 0.6) is 0 Å². The molecular weight excluding hydrogens is 319 g/mol. The molecule has 116 valence electrons. The minimum atomic E-state index is -1.87. The van der Waals surface area contributed by atoms with E-state index >= 15 is 0 Å². The second kappa shape index (κ2) is 8.35. The van der Waals surface area contributed by atoms with Crippen molar-refractivity contribution >= 4 is 25.9 Å². The topological polar surface area (TPSA) is 51.2 Å². The van der Waals surface area contributed by atoms with Crippen molar-refractivity contribution < 1.29 is 9.09 Å². The van der Waals surface area contributed by atoms with E-state index < -0.39 is 8.03 Å². The molecule has 1 N–H and O–H groups in total. The zero-order valence-corrected chi connectivity index (χ0v) is 13.9. The highest BCUT2D eigenvalue weighted by atomic mass is 35.5. The van der Waals surface area contributed by atoms with Crippen LogP contribution < -0.4 is 10.8 Å². The molecule has 0 fully saturated rings. The lowest BCUT2D eigenvalue weighted by atomic mass is 10.1. The van der Waals surface area contributed by atoms with Crippen molar-refractivity contribution in [1.29, 1.82) is 0 Å². The van der Waals surface area contributed by atoms with Crippen LogP contribution >= 0.6 is 20.4 Å². The molecule has 1 aliphatic rings. The first kappa shape index (κ1) is 17.0. The maximum atomic E-state index is 12.2. The summed E-state index contributed by atoms with van der Waals surface area (Å²) in [6, 6.07) is 13.9. The standard InChI is InChI=1S/C16H18N2O2P.ClH/c19-21(20-11-9-13-4-2-1-3-5-13)16-7-6-14-12-17-10-8-15(14)18-16;/h1-7,17H,8-12H2;1H/q+1;. The number of pyridine rings is 1. The summed E-state index contributed by atoms with van der Waals surface area (Å²) in [4.78, 5) is 4.49. The largest absolute Gasteiger partial charge is 0.569 e. The van der Waals surface area contributed by atoms with Crippen molar-refractivity contribution in [1.82, 2.24) is 10.3 Å². The third-order valence-electron chi connectivity index (χ3n) is 3.54. The fourth-order valence-electron chi connectivity index (χ4n) is 2.38. The number of halogens is 1. The molecule has 0 saturated carbocycles. The predicted molar refractivity (Wildman–Crippen MR) is 90.2 cm³/mol. The summed E-state index contributed by atoms with van der Waals surface area (Å²) < 4.78 is 17.6. The maximum Gasteiger partial charge on any atom is 0.569 e. The van der Waals surface area contributed by atoms with Gasteiger partial charge in [0.1, 0.15) is 6.61 Å². The number of aromatic nitrogens is 1. The lowest BCUT2D eigenvalue weighted by molar-refractivity contribution is 0.339. The highest BCUT2D eigenvalue weighted by Gasteiger charge is 2.26. The van der Waals surface area contributed by atoms with Gasteiger partial charge in [-0.2, -0.15) is 0 Å². The summed E-state index contributed by atoms with van der Waals surface area (Å²) in [6.07, 6.45) is 1.65. The third-order valence-corrected chi connectivity index (χ3v) is 4.58. The molecule has 0 bridgehead atoms. The molecule has 1 atom stereocenters. The highest BCUT2D eigenvalue weighted by molar-refractivity contribution is 7.48. The molecule has 0 amide bonds. The van der Waals surface area contributed by atoms with Crippen molar-refractivity contribution in [3.8, 4) is 0 Å². The van der Waals surface area contributed by atoms with Crippen molar-refractivity contribution in [3.63, 3.8) is 0 Å². The van der Waals surface area contributed by atoms with E-state index in [1.165, 1.54) is 11.1 Å². The number of benzene rings is 1. The lowest BCUT2D eigenvalue weighted by Crippen LogP contribution is -2.26. The van der Waals surface area contributed by atoms with E-state index in [9.17, 15) is 4.57 Å². The van der Waals surface area contributed by atoms with Gasteiger partial charge >= 0.3 is 13.5 Å². The molecule has 3 rings (SSSR count). The van der Waals surface area contributed by atoms with Crippen LogP contribution in [0.3, 0.4) is 0 Å². The van der Waals surface area contributed by atoms with E-state index in [0.29, 0.717) is 12.0 Å². The van der Waals surface area contributed by atoms with Gasteiger partial charge in [0.05, 0.1) is 5.69 Å². The highest BCUT2D eigenvalue weighted by Crippen LogP contribution is 2.22. The molecule has 2 heterocycles. The van der Waals surface area contributed by atoms with Crippen LogP contribution in [0.2, 0.25) is 0 Å². The summed E-state index contributed by atoms with van der Waals surface area (Å²) in [6.45, 7) is 2.21. The second-order valence-electron chi connectivity index (χ2n) is 5.03. The predicted octanol–water partition coefficient (Wildman–Crippen LogP) is 2.78. The summed E-state index contributed by atoms with van der Waals surface area (Å²) >= 11 is 0. The van der Waals surface area contributed by atoms with Gasteiger partial charge in [0.25, 0.3) is 0 Å². The smallest absolute Gasteiger partial charge is 0.312 e. The number of hydrogen-bond donors (Lipinski definition) is 1. The number of nitrogens with one attached hydrogen (secondary N) is 1. The average molecular weight is 338 g/mol. The summed E-state index contributed by atoms with van der Waals surface area (Å²) in [5.74, 6) is 0. The fraction of sp³-hybridized carbons (Fsp3) is 0.312. The zero-order valence-electron chi connectivity index (χ0n) is 12.2. The first-order valence-corrected chi connectivity index (χ1v) is 8.34. The summed E-state index contributed by atoms with van der Waals surface area (Å²) in [5, 5.41) is 3.30. The van der Waals surface area contributed by atoms with Crippen LogP contribution in [0.4, 0.5) is 0 Å². The van der Waals surface area contributed by atoms with E-state index in [2.05, 4.69) is 10.3 Å². The first-order chi connectivity index (χ1) is 10.3. The molecule has 2 aromatic rings. The van der Waals surface area contributed by atoms with E-state index in [0.717, 1.165) is 31.6 Å². The Morgan fingerprint density at radius 1 is 1.18 bits per heavy atom. The van der Waals surface area contributed by atoms with Crippen LogP contribution in [0, 0.1) is 0 Å². The number of rotatable bonds is 5. The minimum absolute atomic E-state index is 0. The molecule has 1 aromatic heterocycles. The summed E-state index contributed by atoms with van der Waals surface area (Å²) in [5.41, 5.74) is 3.98. The lowest BCUT2D eigenvalue weighted by Gasteiger charge is -2.14. The van der Waals surface area contributed by atoms with Crippen LogP contribution in [0.15, 0.2) is 42.5 Å². The van der Waals surface area contributed by atoms with Gasteiger partial charge in [-0.15, -0.1) is 16.9 Å². The van der Waals surface area contributed by atoms with Crippen molar-refractivity contribution in [2.75, 3.05) is 13.2 Å². The molecule has 0 saturated heterocycles. The quantitative estimate of drug-likeness (QED) is 0.852. The van der Waals surface area contributed by atoms with Crippen LogP contribution in [0.25, 0.3) is 0 Å². The van der Waals surface area contributed by atoms with Crippen LogP contribution in [-0.4, -0.2) is 18.1 Å². The molecule has 0 spiro atoms. The van der Waals surface area contributed by atoms with Gasteiger partial charge < -0.3 is 5.32 Å². The Morgan fingerprint density at radius 3 is 2.82 bits per heavy atom. The monoisotopic (exact) mass is 337 g/mol.